The van der Waals surface area contributed by atoms with E-state index in [0.717, 1.165) is 23.4 Å². The van der Waals surface area contributed by atoms with Crippen molar-refractivity contribution in [2.24, 2.45) is 0 Å². The number of ether oxygens (including phenoxy) is 1. The molecule has 0 aliphatic carbocycles. The van der Waals surface area contributed by atoms with E-state index in [4.69, 9.17) is 4.74 Å². The third kappa shape index (κ3) is 5.58. The number of aryl methyl sites for hydroxylation is 1. The summed E-state index contributed by atoms with van der Waals surface area (Å²) in [6, 6.07) is 15.7. The van der Waals surface area contributed by atoms with E-state index in [1.54, 1.807) is 6.08 Å². The Morgan fingerprint density at radius 1 is 1.08 bits per heavy atom. The van der Waals surface area contributed by atoms with Crippen molar-refractivity contribution in [3.8, 4) is 5.75 Å². The van der Waals surface area contributed by atoms with Crippen LogP contribution in [0.3, 0.4) is 0 Å². The second-order valence-electron chi connectivity index (χ2n) is 5.59. The topological polar surface area (TPSA) is 38.3 Å². The molecule has 0 fully saturated rings. The van der Waals surface area contributed by atoms with Crippen molar-refractivity contribution in [1.82, 2.24) is 0 Å². The Balaban J connectivity index is 1.95. The average Bonchev–Trinajstić information content (AvgIpc) is 2.61. The smallest absolute Gasteiger partial charge is 0.248 e. The first-order valence-corrected chi connectivity index (χ1v) is 8.52. The van der Waals surface area contributed by atoms with Crippen molar-refractivity contribution in [2.45, 2.75) is 33.1 Å². The van der Waals surface area contributed by atoms with Crippen molar-refractivity contribution in [1.29, 1.82) is 0 Å². The van der Waals surface area contributed by atoms with Crippen molar-refractivity contribution in [2.75, 3.05) is 11.9 Å². The Morgan fingerprint density at radius 2 is 1.83 bits per heavy atom. The standard InChI is InChI=1S/C21H25NO2/c1-3-5-8-17-11-14-19(15-12-17)22-21(23)16-13-18-9-6-7-10-20(18)24-4-2/h6-7,9-16H,3-5,8H2,1-2H3,(H,22,23)/b16-13+. The lowest BCUT2D eigenvalue weighted by Crippen LogP contribution is -2.07. The first-order chi connectivity index (χ1) is 11.7. The van der Waals surface area contributed by atoms with Gasteiger partial charge in [-0.1, -0.05) is 43.7 Å². The predicted octanol–water partition coefficient (Wildman–Crippen LogP) is 5.08. The van der Waals surface area contributed by atoms with E-state index in [0.29, 0.717) is 6.61 Å². The van der Waals surface area contributed by atoms with Gasteiger partial charge in [-0.2, -0.15) is 0 Å². The van der Waals surface area contributed by atoms with Gasteiger partial charge in [-0.3, -0.25) is 4.79 Å². The van der Waals surface area contributed by atoms with Gasteiger partial charge in [0.25, 0.3) is 0 Å². The molecule has 0 atom stereocenters. The number of nitrogens with one attached hydrogen (secondary N) is 1. The minimum atomic E-state index is -0.150. The second-order valence-corrected chi connectivity index (χ2v) is 5.59. The SMILES string of the molecule is CCCCc1ccc(NC(=O)/C=C/c2ccccc2OCC)cc1. The molecule has 0 heterocycles. The Hall–Kier alpha value is -2.55. The van der Waals surface area contributed by atoms with E-state index in [1.807, 2.05) is 43.3 Å². The molecule has 24 heavy (non-hydrogen) atoms. The normalized spacial score (nSPS) is 10.8. The summed E-state index contributed by atoms with van der Waals surface area (Å²) in [6.45, 7) is 4.73. The molecule has 0 unspecified atom stereocenters. The van der Waals surface area contributed by atoms with Crippen LogP contribution in [0.2, 0.25) is 0 Å². The maximum atomic E-state index is 12.1. The highest BCUT2D eigenvalue weighted by Crippen LogP contribution is 2.19. The quantitative estimate of drug-likeness (QED) is 0.688. The first kappa shape index (κ1) is 17.8. The average molecular weight is 323 g/mol. The fraction of sp³-hybridized carbons (Fsp3) is 0.286. The molecule has 0 aliphatic rings. The molecule has 0 radical (unpaired) electrons. The Bertz CT molecular complexity index is 674. The van der Waals surface area contributed by atoms with Crippen LogP contribution in [0.1, 0.15) is 37.8 Å². The number of amides is 1. The summed E-state index contributed by atoms with van der Waals surface area (Å²) in [5, 5.41) is 2.88. The Labute approximate surface area is 144 Å². The molecule has 2 aromatic carbocycles. The molecule has 0 aliphatic heterocycles. The lowest BCUT2D eigenvalue weighted by molar-refractivity contribution is -0.111. The molecular formula is C21H25NO2. The van der Waals surface area contributed by atoms with Crippen LogP contribution in [0.25, 0.3) is 6.08 Å². The van der Waals surface area contributed by atoms with Gasteiger partial charge in [0.2, 0.25) is 5.91 Å². The molecule has 0 spiro atoms. The zero-order chi connectivity index (χ0) is 17.2. The van der Waals surface area contributed by atoms with Crippen LogP contribution in [0.5, 0.6) is 5.75 Å². The van der Waals surface area contributed by atoms with Gasteiger partial charge in [-0.05, 0) is 49.6 Å². The highest BCUT2D eigenvalue weighted by molar-refractivity contribution is 6.02. The van der Waals surface area contributed by atoms with E-state index in [1.165, 1.54) is 24.5 Å². The summed E-state index contributed by atoms with van der Waals surface area (Å²) < 4.78 is 5.55. The van der Waals surface area contributed by atoms with E-state index in [2.05, 4.69) is 24.4 Å². The molecule has 0 saturated carbocycles. The van der Waals surface area contributed by atoms with Crippen LogP contribution in [-0.4, -0.2) is 12.5 Å². The molecule has 0 bridgehead atoms. The molecule has 1 N–H and O–H groups in total. The molecular weight excluding hydrogens is 298 g/mol. The monoisotopic (exact) mass is 323 g/mol. The number of unbranched alkanes of at least 4 members (excludes halogenated alkanes) is 1. The number of carbonyl (C=O) groups excluding carboxylic acids is 1. The molecule has 2 aromatic rings. The molecule has 1 amide bonds. The maximum Gasteiger partial charge on any atom is 0.248 e. The van der Waals surface area contributed by atoms with Gasteiger partial charge in [0, 0.05) is 17.3 Å². The van der Waals surface area contributed by atoms with E-state index in [9.17, 15) is 4.79 Å². The van der Waals surface area contributed by atoms with Crippen LogP contribution in [-0.2, 0) is 11.2 Å². The fourth-order valence-electron chi connectivity index (χ4n) is 2.39. The maximum absolute atomic E-state index is 12.1. The molecule has 2 rings (SSSR count). The summed E-state index contributed by atoms with van der Waals surface area (Å²) in [5.74, 6) is 0.631. The lowest BCUT2D eigenvalue weighted by atomic mass is 10.1. The minimum Gasteiger partial charge on any atom is -0.493 e. The molecule has 0 saturated heterocycles. The van der Waals surface area contributed by atoms with Gasteiger partial charge in [0.1, 0.15) is 5.75 Å². The van der Waals surface area contributed by atoms with E-state index >= 15 is 0 Å². The highest BCUT2D eigenvalue weighted by Gasteiger charge is 2.01. The molecule has 0 aromatic heterocycles. The molecule has 3 nitrogen and oxygen atoms in total. The number of rotatable bonds is 8. The van der Waals surface area contributed by atoms with Gasteiger partial charge in [-0.25, -0.2) is 0 Å². The Kier molecular flexibility index (Phi) is 7.09. The summed E-state index contributed by atoms with van der Waals surface area (Å²) in [5.41, 5.74) is 3.00. The zero-order valence-corrected chi connectivity index (χ0v) is 14.4. The van der Waals surface area contributed by atoms with Crippen molar-refractivity contribution < 1.29 is 9.53 Å². The highest BCUT2D eigenvalue weighted by atomic mass is 16.5. The van der Waals surface area contributed by atoms with E-state index < -0.39 is 0 Å². The first-order valence-electron chi connectivity index (χ1n) is 8.52. The van der Waals surface area contributed by atoms with Crippen LogP contribution in [0.4, 0.5) is 5.69 Å². The number of hydrogen-bond acceptors (Lipinski definition) is 2. The van der Waals surface area contributed by atoms with Crippen LogP contribution in [0.15, 0.2) is 54.6 Å². The summed E-state index contributed by atoms with van der Waals surface area (Å²) in [6.07, 6.45) is 6.76. The van der Waals surface area contributed by atoms with Crippen molar-refractivity contribution in [3.05, 3.63) is 65.7 Å². The third-order valence-corrected chi connectivity index (χ3v) is 3.67. The number of benzene rings is 2. The summed E-state index contributed by atoms with van der Waals surface area (Å²) in [4.78, 5) is 12.1. The lowest BCUT2D eigenvalue weighted by Gasteiger charge is -2.06. The van der Waals surface area contributed by atoms with Crippen LogP contribution >= 0.6 is 0 Å². The Morgan fingerprint density at radius 3 is 2.54 bits per heavy atom. The largest absolute Gasteiger partial charge is 0.493 e. The number of hydrogen-bond donors (Lipinski definition) is 1. The summed E-state index contributed by atoms with van der Waals surface area (Å²) in [7, 11) is 0. The molecule has 3 heteroatoms. The van der Waals surface area contributed by atoms with Gasteiger partial charge in [0.15, 0.2) is 0 Å². The van der Waals surface area contributed by atoms with E-state index in [-0.39, 0.29) is 5.91 Å². The zero-order valence-electron chi connectivity index (χ0n) is 14.4. The van der Waals surface area contributed by atoms with Crippen LogP contribution < -0.4 is 10.1 Å². The van der Waals surface area contributed by atoms with Gasteiger partial charge < -0.3 is 10.1 Å². The van der Waals surface area contributed by atoms with Gasteiger partial charge >= 0.3 is 0 Å². The minimum absolute atomic E-state index is 0.150. The number of para-hydroxylation sites is 1. The second kappa shape index (κ2) is 9.56. The third-order valence-electron chi connectivity index (χ3n) is 3.67. The van der Waals surface area contributed by atoms with Gasteiger partial charge in [0.05, 0.1) is 6.61 Å². The molecule has 126 valence electrons. The van der Waals surface area contributed by atoms with Crippen LogP contribution in [0, 0.1) is 0 Å². The predicted molar refractivity (Wildman–Crippen MR) is 100 cm³/mol. The summed E-state index contributed by atoms with van der Waals surface area (Å²) >= 11 is 0. The number of carbonyl (C=O) groups is 1. The van der Waals surface area contributed by atoms with Crippen molar-refractivity contribution in [3.63, 3.8) is 0 Å². The number of anilines is 1. The van der Waals surface area contributed by atoms with Crippen molar-refractivity contribution >= 4 is 17.7 Å². The van der Waals surface area contributed by atoms with Gasteiger partial charge in [-0.15, -0.1) is 0 Å². The fourth-order valence-corrected chi connectivity index (χ4v) is 2.39.